The van der Waals surface area contributed by atoms with Gasteiger partial charge in [-0.3, -0.25) is 0 Å². The van der Waals surface area contributed by atoms with Crippen molar-refractivity contribution in [1.29, 1.82) is 0 Å². The number of carboxylic acid groups (broad SMARTS) is 1. The number of aliphatic hydroxyl groups excluding tert-OH is 2. The maximum atomic E-state index is 10.6. The van der Waals surface area contributed by atoms with Crippen LogP contribution in [0.4, 0.5) is 0 Å². The molecule has 4 rings (SSSR count). The SMILES string of the molecule is Cc1c(/C=C/C(O)CC(O)CC(=O)[O-])c(-c2ccccc2)c2c3ccccc3ccn12.[Na+]. The zero-order valence-corrected chi connectivity index (χ0v) is 20.2. The van der Waals surface area contributed by atoms with Gasteiger partial charge >= 0.3 is 29.6 Å². The normalized spacial score (nSPS) is 13.3. The van der Waals surface area contributed by atoms with Gasteiger partial charge < -0.3 is 24.5 Å². The number of pyridine rings is 1. The summed E-state index contributed by atoms with van der Waals surface area (Å²) in [4.78, 5) is 10.6. The number of carboxylic acids is 1. The molecule has 2 aromatic heterocycles. The summed E-state index contributed by atoms with van der Waals surface area (Å²) in [6, 6.07) is 20.4. The van der Waals surface area contributed by atoms with Crippen LogP contribution in [0.3, 0.4) is 0 Å². The number of carbonyl (C=O) groups is 1. The number of aliphatic hydroxyl groups is 2. The van der Waals surface area contributed by atoms with Gasteiger partial charge in [0.05, 0.1) is 17.7 Å². The first-order valence-electron chi connectivity index (χ1n) is 10.3. The van der Waals surface area contributed by atoms with Crippen LogP contribution in [0.2, 0.25) is 0 Å². The number of benzene rings is 2. The third-order valence-corrected chi connectivity index (χ3v) is 5.58. The van der Waals surface area contributed by atoms with Gasteiger partial charge in [-0.2, -0.15) is 0 Å². The second kappa shape index (κ2) is 10.5. The maximum absolute atomic E-state index is 10.6. The fraction of sp³-hybridized carbons (Fsp3) is 0.192. The summed E-state index contributed by atoms with van der Waals surface area (Å²) in [6.45, 7) is 2.03. The van der Waals surface area contributed by atoms with Crippen LogP contribution in [0.25, 0.3) is 33.5 Å². The Bertz CT molecular complexity index is 1260. The molecule has 4 aromatic rings. The molecule has 32 heavy (non-hydrogen) atoms. The number of aliphatic carboxylic acids is 1. The Morgan fingerprint density at radius 2 is 1.75 bits per heavy atom. The monoisotopic (exact) mass is 437 g/mol. The van der Waals surface area contributed by atoms with Crippen LogP contribution in [0.5, 0.6) is 0 Å². The Morgan fingerprint density at radius 3 is 2.47 bits per heavy atom. The van der Waals surface area contributed by atoms with Crippen molar-refractivity contribution in [3.8, 4) is 11.1 Å². The van der Waals surface area contributed by atoms with Crippen molar-refractivity contribution in [2.24, 2.45) is 0 Å². The Morgan fingerprint density at radius 1 is 1.06 bits per heavy atom. The van der Waals surface area contributed by atoms with Gasteiger partial charge in [-0.15, -0.1) is 0 Å². The number of nitrogens with zero attached hydrogens (tertiary/aromatic N) is 1. The molecule has 0 amide bonds. The summed E-state index contributed by atoms with van der Waals surface area (Å²) in [5.74, 6) is -1.34. The van der Waals surface area contributed by atoms with Crippen LogP contribution in [0, 0.1) is 6.92 Å². The fourth-order valence-electron chi connectivity index (χ4n) is 4.13. The Balaban J connectivity index is 0.00000289. The van der Waals surface area contributed by atoms with Gasteiger partial charge in [-0.25, -0.2) is 0 Å². The van der Waals surface area contributed by atoms with Crippen molar-refractivity contribution in [3.05, 3.63) is 84.2 Å². The van der Waals surface area contributed by atoms with Crippen LogP contribution in [0.1, 0.15) is 24.1 Å². The average molecular weight is 437 g/mol. The zero-order chi connectivity index (χ0) is 22.0. The van der Waals surface area contributed by atoms with Crippen molar-refractivity contribution in [2.45, 2.75) is 32.0 Å². The molecule has 0 saturated carbocycles. The predicted octanol–water partition coefficient (Wildman–Crippen LogP) is 0.337. The Kier molecular flexibility index (Phi) is 7.93. The summed E-state index contributed by atoms with van der Waals surface area (Å²) in [6.07, 6.45) is 2.82. The molecule has 158 valence electrons. The summed E-state index contributed by atoms with van der Waals surface area (Å²) in [5, 5.41) is 33.0. The van der Waals surface area contributed by atoms with E-state index in [1.54, 1.807) is 6.08 Å². The predicted molar refractivity (Wildman–Crippen MR) is 120 cm³/mol. The quantitative estimate of drug-likeness (QED) is 0.409. The second-order valence-corrected chi connectivity index (χ2v) is 7.75. The molecule has 0 radical (unpaired) electrons. The third-order valence-electron chi connectivity index (χ3n) is 5.58. The summed E-state index contributed by atoms with van der Waals surface area (Å²) in [5.41, 5.74) is 5.21. The molecule has 0 aliphatic heterocycles. The molecule has 2 unspecified atom stereocenters. The molecule has 2 aromatic carbocycles. The summed E-state index contributed by atoms with van der Waals surface area (Å²) >= 11 is 0. The van der Waals surface area contributed by atoms with E-state index in [1.807, 2.05) is 43.3 Å². The van der Waals surface area contributed by atoms with Crippen molar-refractivity contribution in [3.63, 3.8) is 0 Å². The van der Waals surface area contributed by atoms with Crippen LogP contribution in [-0.2, 0) is 4.79 Å². The van der Waals surface area contributed by atoms with Gasteiger partial charge in [0, 0.05) is 47.2 Å². The average Bonchev–Trinajstić information content (AvgIpc) is 3.04. The molecule has 2 N–H and O–H groups in total. The Labute approximate surface area is 208 Å². The van der Waals surface area contributed by atoms with Crippen LogP contribution in [-0.4, -0.2) is 32.8 Å². The number of aryl methyl sites for hydroxylation is 1. The minimum Gasteiger partial charge on any atom is -0.550 e. The second-order valence-electron chi connectivity index (χ2n) is 7.75. The van der Waals surface area contributed by atoms with E-state index < -0.39 is 24.6 Å². The van der Waals surface area contributed by atoms with Gasteiger partial charge in [0.1, 0.15) is 0 Å². The summed E-state index contributed by atoms with van der Waals surface area (Å²) in [7, 11) is 0. The first-order chi connectivity index (χ1) is 15.0. The van der Waals surface area contributed by atoms with E-state index in [4.69, 9.17) is 0 Å². The molecule has 6 heteroatoms. The molecule has 2 heterocycles. The first kappa shape index (κ1) is 24.2. The van der Waals surface area contributed by atoms with E-state index in [0.717, 1.165) is 38.7 Å². The molecular formula is C26H24NNaO4. The maximum Gasteiger partial charge on any atom is 1.00 e. The third kappa shape index (κ3) is 4.98. The number of hydrogen-bond acceptors (Lipinski definition) is 4. The minimum atomic E-state index is -1.34. The fourth-order valence-corrected chi connectivity index (χ4v) is 4.13. The van der Waals surface area contributed by atoms with Crippen molar-refractivity contribution in [1.82, 2.24) is 4.40 Å². The van der Waals surface area contributed by atoms with E-state index >= 15 is 0 Å². The number of rotatable bonds is 7. The number of fused-ring (bicyclic) bond motifs is 3. The van der Waals surface area contributed by atoms with Gasteiger partial charge in [0.15, 0.2) is 0 Å². The molecular weight excluding hydrogens is 413 g/mol. The van der Waals surface area contributed by atoms with Gasteiger partial charge in [0.2, 0.25) is 0 Å². The van der Waals surface area contributed by atoms with Crippen molar-refractivity contribution < 1.29 is 49.7 Å². The molecule has 2 atom stereocenters. The van der Waals surface area contributed by atoms with Crippen molar-refractivity contribution in [2.75, 3.05) is 0 Å². The van der Waals surface area contributed by atoms with Crippen LogP contribution >= 0.6 is 0 Å². The van der Waals surface area contributed by atoms with Crippen molar-refractivity contribution >= 4 is 28.3 Å². The van der Waals surface area contributed by atoms with Gasteiger partial charge in [-0.05, 0) is 23.9 Å². The molecule has 0 saturated heterocycles. The van der Waals surface area contributed by atoms with Gasteiger partial charge in [-0.1, -0.05) is 66.7 Å². The molecule has 0 aliphatic carbocycles. The van der Waals surface area contributed by atoms with E-state index in [2.05, 4.69) is 40.9 Å². The van der Waals surface area contributed by atoms with E-state index in [-0.39, 0.29) is 36.0 Å². The molecule has 0 aliphatic rings. The molecule has 0 bridgehead atoms. The molecule has 5 nitrogen and oxygen atoms in total. The molecule has 0 fully saturated rings. The number of carbonyl (C=O) groups excluding carboxylic acids is 1. The zero-order valence-electron chi connectivity index (χ0n) is 18.2. The smallest absolute Gasteiger partial charge is 0.550 e. The van der Waals surface area contributed by atoms with Crippen LogP contribution in [0.15, 0.2) is 72.9 Å². The number of aromatic nitrogens is 1. The topological polar surface area (TPSA) is 85.0 Å². The standard InChI is InChI=1S/C26H25NO4.Na/c1-17-22(12-11-20(28)15-21(29)16-24(30)31)25(19-8-3-2-4-9-19)26-23-10-6-5-7-18(23)13-14-27(17)26;/h2-14,20-21,28-29H,15-16H2,1H3,(H,30,31);/q;+1/p-1/b12-11+;. The number of hydrogen-bond donors (Lipinski definition) is 2. The van der Waals surface area contributed by atoms with Crippen LogP contribution < -0.4 is 34.7 Å². The Hall–Kier alpha value is -2.41. The van der Waals surface area contributed by atoms with Gasteiger partial charge in [0.25, 0.3) is 0 Å². The van der Waals surface area contributed by atoms with E-state index in [1.165, 1.54) is 0 Å². The largest absolute Gasteiger partial charge is 1.00 e. The van der Waals surface area contributed by atoms with E-state index in [9.17, 15) is 20.1 Å². The summed E-state index contributed by atoms with van der Waals surface area (Å²) < 4.78 is 2.15. The molecule has 0 spiro atoms. The first-order valence-corrected chi connectivity index (χ1v) is 10.3. The minimum absolute atomic E-state index is 0. The van der Waals surface area contributed by atoms with E-state index in [0.29, 0.717) is 0 Å².